The summed E-state index contributed by atoms with van der Waals surface area (Å²) in [5, 5.41) is 4.07. The van der Waals surface area contributed by atoms with Crippen LogP contribution in [0.4, 0.5) is 16.2 Å². The van der Waals surface area contributed by atoms with Crippen molar-refractivity contribution in [3.05, 3.63) is 46.9 Å². The molecule has 0 bridgehead atoms. The molecular weight excluding hydrogens is 257 g/mol. The molecule has 1 aromatic carbocycles. The summed E-state index contributed by atoms with van der Waals surface area (Å²) < 4.78 is 12.9. The predicted molar refractivity (Wildman–Crippen MR) is 69.1 cm³/mol. The third-order valence-electron chi connectivity index (χ3n) is 1.94. The molecular formula is C11H9ClFN5. The van der Waals surface area contributed by atoms with Crippen LogP contribution in [0.15, 0.2) is 35.4 Å². The van der Waals surface area contributed by atoms with Crippen LogP contribution >= 0.6 is 11.6 Å². The number of nitrogens with zero attached hydrogens (tertiary/aromatic N) is 3. The zero-order valence-electron chi connectivity index (χ0n) is 9.14. The second-order valence-corrected chi connectivity index (χ2v) is 3.75. The van der Waals surface area contributed by atoms with Crippen molar-refractivity contribution < 1.29 is 4.39 Å². The highest BCUT2D eigenvalue weighted by Crippen LogP contribution is 2.11. The molecule has 5 nitrogen and oxygen atoms in total. The second kappa shape index (κ2) is 5.42. The van der Waals surface area contributed by atoms with Crippen molar-refractivity contribution in [3.8, 4) is 0 Å². The Kier molecular flexibility index (Phi) is 3.69. The summed E-state index contributed by atoms with van der Waals surface area (Å²) >= 11 is 5.69. The first kappa shape index (κ1) is 12.3. The summed E-state index contributed by atoms with van der Waals surface area (Å²) in [6.07, 6.45) is 1.43. The maximum atomic E-state index is 12.9. The summed E-state index contributed by atoms with van der Waals surface area (Å²) in [6.45, 7) is 0. The van der Waals surface area contributed by atoms with Crippen LogP contribution in [0.5, 0.6) is 0 Å². The van der Waals surface area contributed by atoms with Crippen LogP contribution in [0, 0.1) is 5.82 Å². The molecule has 92 valence electrons. The Hall–Kier alpha value is -2.21. The molecule has 0 saturated heterocycles. The summed E-state index contributed by atoms with van der Waals surface area (Å²) in [4.78, 5) is 7.72. The minimum Gasteiger partial charge on any atom is -0.383 e. The minimum absolute atomic E-state index is 0.174. The zero-order valence-corrected chi connectivity index (χ0v) is 9.89. The van der Waals surface area contributed by atoms with Gasteiger partial charge in [0, 0.05) is 6.07 Å². The summed E-state index contributed by atoms with van der Waals surface area (Å²) in [7, 11) is 0. The van der Waals surface area contributed by atoms with E-state index in [9.17, 15) is 4.39 Å². The van der Waals surface area contributed by atoms with E-state index in [0.717, 1.165) is 0 Å². The van der Waals surface area contributed by atoms with Gasteiger partial charge in [0.1, 0.15) is 16.8 Å². The van der Waals surface area contributed by atoms with Gasteiger partial charge in [-0.2, -0.15) is 15.1 Å². The number of aromatic nitrogens is 2. The molecule has 1 heterocycles. The summed E-state index contributed by atoms with van der Waals surface area (Å²) in [5.41, 5.74) is 8.65. The number of hydrogen-bond acceptors (Lipinski definition) is 5. The molecule has 0 aliphatic rings. The molecule has 0 aliphatic carbocycles. The Bertz CT molecular complexity index is 567. The van der Waals surface area contributed by atoms with E-state index in [1.165, 1.54) is 24.4 Å². The Morgan fingerprint density at radius 3 is 2.89 bits per heavy atom. The molecule has 0 unspecified atom stereocenters. The fourth-order valence-electron chi connectivity index (χ4n) is 1.24. The molecule has 7 heteroatoms. The smallest absolute Gasteiger partial charge is 0.246 e. The molecule has 0 fully saturated rings. The third-order valence-corrected chi connectivity index (χ3v) is 2.14. The average molecular weight is 266 g/mol. The SMILES string of the molecule is Nc1cc(Cl)nc(NN=Cc2cccc(F)c2)n1. The molecule has 18 heavy (non-hydrogen) atoms. The lowest BCUT2D eigenvalue weighted by molar-refractivity contribution is 0.627. The van der Waals surface area contributed by atoms with Gasteiger partial charge in [-0.15, -0.1) is 0 Å². The number of anilines is 2. The predicted octanol–water partition coefficient (Wildman–Crippen LogP) is 2.30. The van der Waals surface area contributed by atoms with Crippen LogP contribution in [0.2, 0.25) is 5.15 Å². The second-order valence-electron chi connectivity index (χ2n) is 3.36. The number of benzene rings is 1. The van der Waals surface area contributed by atoms with E-state index in [2.05, 4.69) is 20.5 Å². The van der Waals surface area contributed by atoms with E-state index >= 15 is 0 Å². The molecule has 0 radical (unpaired) electrons. The van der Waals surface area contributed by atoms with Crippen LogP contribution in [0.3, 0.4) is 0 Å². The molecule has 2 rings (SSSR count). The third kappa shape index (κ3) is 3.39. The lowest BCUT2D eigenvalue weighted by atomic mass is 10.2. The number of nitrogen functional groups attached to an aromatic ring is 1. The van der Waals surface area contributed by atoms with Crippen molar-refractivity contribution in [2.45, 2.75) is 0 Å². The van der Waals surface area contributed by atoms with Gasteiger partial charge >= 0.3 is 0 Å². The number of nitrogens with two attached hydrogens (primary N) is 1. The molecule has 0 atom stereocenters. The molecule has 1 aromatic heterocycles. The first-order chi connectivity index (χ1) is 8.63. The van der Waals surface area contributed by atoms with Gasteiger partial charge in [0.05, 0.1) is 6.21 Å². The van der Waals surface area contributed by atoms with Crippen molar-refractivity contribution in [1.29, 1.82) is 0 Å². The molecule has 0 saturated carbocycles. The maximum Gasteiger partial charge on any atom is 0.246 e. The normalized spacial score (nSPS) is 10.8. The van der Waals surface area contributed by atoms with Gasteiger partial charge in [0.2, 0.25) is 5.95 Å². The lowest BCUT2D eigenvalue weighted by Crippen LogP contribution is -2.00. The fourth-order valence-corrected chi connectivity index (χ4v) is 1.43. The highest BCUT2D eigenvalue weighted by atomic mass is 35.5. The van der Waals surface area contributed by atoms with Gasteiger partial charge in [-0.1, -0.05) is 23.7 Å². The minimum atomic E-state index is -0.331. The summed E-state index contributed by atoms with van der Waals surface area (Å²) in [5.74, 6) is 0.0771. The largest absolute Gasteiger partial charge is 0.383 e. The van der Waals surface area contributed by atoms with Gasteiger partial charge in [-0.3, -0.25) is 0 Å². The van der Waals surface area contributed by atoms with Gasteiger partial charge in [-0.05, 0) is 17.7 Å². The monoisotopic (exact) mass is 265 g/mol. The Labute approximate surface area is 108 Å². The topological polar surface area (TPSA) is 76.2 Å². The van der Waals surface area contributed by atoms with Crippen molar-refractivity contribution >= 4 is 29.6 Å². The van der Waals surface area contributed by atoms with Gasteiger partial charge in [-0.25, -0.2) is 9.82 Å². The van der Waals surface area contributed by atoms with Crippen LogP contribution in [-0.4, -0.2) is 16.2 Å². The molecule has 0 aliphatic heterocycles. The van der Waals surface area contributed by atoms with Gasteiger partial charge in [0.15, 0.2) is 0 Å². The van der Waals surface area contributed by atoms with Gasteiger partial charge < -0.3 is 5.73 Å². The van der Waals surface area contributed by atoms with Crippen LogP contribution < -0.4 is 11.2 Å². The maximum absolute atomic E-state index is 12.9. The number of hydrogen-bond donors (Lipinski definition) is 2. The van der Waals surface area contributed by atoms with E-state index in [1.807, 2.05) is 0 Å². The highest BCUT2D eigenvalue weighted by molar-refractivity contribution is 6.29. The molecule has 0 spiro atoms. The van der Waals surface area contributed by atoms with E-state index in [4.69, 9.17) is 17.3 Å². The van der Waals surface area contributed by atoms with Crippen molar-refractivity contribution in [1.82, 2.24) is 9.97 Å². The highest BCUT2D eigenvalue weighted by Gasteiger charge is 1.98. The van der Waals surface area contributed by atoms with E-state index in [-0.39, 0.29) is 22.7 Å². The Morgan fingerprint density at radius 2 is 2.17 bits per heavy atom. The van der Waals surface area contributed by atoms with E-state index in [0.29, 0.717) is 5.56 Å². The van der Waals surface area contributed by atoms with Gasteiger partial charge in [0.25, 0.3) is 0 Å². The van der Waals surface area contributed by atoms with Crippen LogP contribution in [-0.2, 0) is 0 Å². The van der Waals surface area contributed by atoms with E-state index in [1.54, 1.807) is 12.1 Å². The molecule has 2 aromatic rings. The first-order valence-electron chi connectivity index (χ1n) is 4.98. The molecule has 3 N–H and O–H groups in total. The van der Waals surface area contributed by atoms with Crippen molar-refractivity contribution in [2.24, 2.45) is 5.10 Å². The van der Waals surface area contributed by atoms with Crippen molar-refractivity contribution in [3.63, 3.8) is 0 Å². The Balaban J connectivity index is 2.07. The molecule has 0 amide bonds. The standard InChI is InChI=1S/C11H9ClFN5/c12-9-5-10(14)17-11(16-9)18-15-6-7-2-1-3-8(13)4-7/h1-6H,(H3,14,16,17,18). The quantitative estimate of drug-likeness (QED) is 0.507. The summed E-state index contributed by atoms with van der Waals surface area (Å²) in [6, 6.07) is 7.42. The zero-order chi connectivity index (χ0) is 13.0. The Morgan fingerprint density at radius 1 is 1.33 bits per heavy atom. The number of nitrogens with one attached hydrogen (secondary N) is 1. The average Bonchev–Trinajstić information content (AvgIpc) is 2.27. The lowest BCUT2D eigenvalue weighted by Gasteiger charge is -2.00. The van der Waals surface area contributed by atoms with Crippen molar-refractivity contribution in [2.75, 3.05) is 11.2 Å². The fraction of sp³-hybridized carbons (Fsp3) is 0. The number of hydrazone groups is 1. The number of rotatable bonds is 3. The van der Waals surface area contributed by atoms with E-state index < -0.39 is 0 Å². The first-order valence-corrected chi connectivity index (χ1v) is 5.36. The number of halogens is 2. The van der Waals surface area contributed by atoms with Crippen LogP contribution in [0.1, 0.15) is 5.56 Å². The van der Waals surface area contributed by atoms with Crippen LogP contribution in [0.25, 0.3) is 0 Å².